The highest BCUT2D eigenvalue weighted by molar-refractivity contribution is 7.23. The Hall–Kier alpha value is -2.10. The molecule has 0 atom stereocenters. The normalized spacial score (nSPS) is 15.0. The number of aromatic nitrogens is 2. The molecule has 4 aromatic rings. The molecular formula is C22H21ClN4O2S2. The van der Waals surface area contributed by atoms with Crippen LogP contribution in [0.25, 0.3) is 20.4 Å². The molecule has 1 aliphatic heterocycles. The van der Waals surface area contributed by atoms with Crippen molar-refractivity contribution in [3.63, 3.8) is 0 Å². The van der Waals surface area contributed by atoms with Crippen molar-refractivity contribution in [2.24, 2.45) is 0 Å². The lowest BCUT2D eigenvalue weighted by Gasteiger charge is -2.27. The molecule has 9 heteroatoms. The zero-order chi connectivity index (χ0) is 21.2. The first-order valence-corrected chi connectivity index (χ1v) is 12.2. The van der Waals surface area contributed by atoms with Crippen molar-refractivity contribution in [2.75, 3.05) is 44.3 Å². The average molecular weight is 473 g/mol. The quantitative estimate of drug-likeness (QED) is 0.398. The number of rotatable bonds is 6. The zero-order valence-electron chi connectivity index (χ0n) is 16.8. The second-order valence-corrected chi connectivity index (χ2v) is 9.84. The fourth-order valence-corrected chi connectivity index (χ4v) is 5.82. The Morgan fingerprint density at radius 1 is 1.06 bits per heavy atom. The first-order chi connectivity index (χ1) is 15.2. The number of ether oxygens (including phenoxy) is 1. The standard InChI is InChI=1S/C22H21ClN4O2S2/c23-15-6-7-17-19(14-15)31-22(25-17)27(9-3-8-26-10-12-29-13-11-26)21(28)20-24-16-4-1-2-5-18(16)30-20/h1-2,4-7,14H,3,8-13H2. The number of thiazole rings is 2. The molecule has 0 spiro atoms. The van der Waals surface area contributed by atoms with E-state index in [-0.39, 0.29) is 5.91 Å². The molecule has 31 heavy (non-hydrogen) atoms. The second-order valence-electron chi connectivity index (χ2n) is 7.36. The summed E-state index contributed by atoms with van der Waals surface area (Å²) >= 11 is 9.07. The summed E-state index contributed by atoms with van der Waals surface area (Å²) in [5, 5.41) is 1.84. The maximum atomic E-state index is 13.5. The Morgan fingerprint density at radius 3 is 2.71 bits per heavy atom. The van der Waals surface area contributed by atoms with E-state index < -0.39 is 0 Å². The van der Waals surface area contributed by atoms with Crippen LogP contribution in [-0.4, -0.2) is 60.2 Å². The third kappa shape index (κ3) is 4.58. The molecule has 0 bridgehead atoms. The van der Waals surface area contributed by atoms with Gasteiger partial charge >= 0.3 is 0 Å². The number of carbonyl (C=O) groups is 1. The van der Waals surface area contributed by atoms with Gasteiger partial charge in [-0.2, -0.15) is 0 Å². The summed E-state index contributed by atoms with van der Waals surface area (Å²) < 4.78 is 7.41. The number of amides is 1. The number of nitrogens with zero attached hydrogens (tertiary/aromatic N) is 4. The highest BCUT2D eigenvalue weighted by atomic mass is 35.5. The van der Waals surface area contributed by atoms with Gasteiger partial charge in [-0.1, -0.05) is 35.1 Å². The van der Waals surface area contributed by atoms with Crippen molar-refractivity contribution < 1.29 is 9.53 Å². The van der Waals surface area contributed by atoms with E-state index in [9.17, 15) is 4.79 Å². The highest BCUT2D eigenvalue weighted by Gasteiger charge is 2.24. The molecule has 160 valence electrons. The molecule has 1 saturated heterocycles. The highest BCUT2D eigenvalue weighted by Crippen LogP contribution is 2.32. The molecule has 1 fully saturated rings. The van der Waals surface area contributed by atoms with E-state index in [1.807, 2.05) is 42.5 Å². The van der Waals surface area contributed by atoms with E-state index in [0.717, 1.165) is 59.7 Å². The number of morpholine rings is 1. The van der Waals surface area contributed by atoms with Gasteiger partial charge in [0.25, 0.3) is 5.91 Å². The Morgan fingerprint density at radius 2 is 1.87 bits per heavy atom. The van der Waals surface area contributed by atoms with E-state index in [1.54, 1.807) is 4.90 Å². The molecule has 1 amide bonds. The number of anilines is 1. The van der Waals surface area contributed by atoms with Crippen molar-refractivity contribution >= 4 is 65.7 Å². The summed E-state index contributed by atoms with van der Waals surface area (Å²) in [5.41, 5.74) is 1.69. The van der Waals surface area contributed by atoms with Crippen LogP contribution >= 0.6 is 34.3 Å². The fourth-order valence-electron chi connectivity index (χ4n) is 3.64. The number of hydrogen-bond donors (Lipinski definition) is 0. The van der Waals surface area contributed by atoms with Gasteiger partial charge in [-0.15, -0.1) is 11.3 Å². The van der Waals surface area contributed by atoms with Crippen LogP contribution in [0.4, 0.5) is 5.13 Å². The average Bonchev–Trinajstić information content (AvgIpc) is 3.40. The molecule has 0 unspecified atom stereocenters. The minimum Gasteiger partial charge on any atom is -0.379 e. The molecule has 0 radical (unpaired) electrons. The van der Waals surface area contributed by atoms with Crippen molar-refractivity contribution in [3.05, 3.63) is 52.5 Å². The summed E-state index contributed by atoms with van der Waals surface area (Å²) in [6.45, 7) is 4.92. The molecule has 2 aromatic heterocycles. The Kier molecular flexibility index (Phi) is 6.15. The summed E-state index contributed by atoms with van der Waals surface area (Å²) in [5.74, 6) is -0.103. The van der Waals surface area contributed by atoms with Crippen LogP contribution in [-0.2, 0) is 4.74 Å². The maximum absolute atomic E-state index is 13.5. The van der Waals surface area contributed by atoms with Gasteiger partial charge < -0.3 is 4.74 Å². The predicted octanol–water partition coefficient (Wildman–Crippen LogP) is 4.93. The van der Waals surface area contributed by atoms with Crippen LogP contribution in [0.1, 0.15) is 16.2 Å². The smallest absolute Gasteiger partial charge is 0.289 e. The largest absolute Gasteiger partial charge is 0.379 e. The van der Waals surface area contributed by atoms with Crippen molar-refractivity contribution in [2.45, 2.75) is 6.42 Å². The summed E-state index contributed by atoms with van der Waals surface area (Å²) in [7, 11) is 0. The second kappa shape index (κ2) is 9.18. The molecule has 3 heterocycles. The molecule has 5 rings (SSSR count). The van der Waals surface area contributed by atoms with Gasteiger partial charge in [0.05, 0.1) is 33.6 Å². The third-order valence-electron chi connectivity index (χ3n) is 5.25. The van der Waals surface area contributed by atoms with Crippen molar-refractivity contribution in [3.8, 4) is 0 Å². The van der Waals surface area contributed by atoms with Crippen molar-refractivity contribution in [1.29, 1.82) is 0 Å². The lowest BCUT2D eigenvalue weighted by molar-refractivity contribution is 0.0376. The predicted molar refractivity (Wildman–Crippen MR) is 128 cm³/mol. The number of fused-ring (bicyclic) bond motifs is 2. The first-order valence-electron chi connectivity index (χ1n) is 10.2. The van der Waals surface area contributed by atoms with Gasteiger partial charge in [-0.05, 0) is 36.8 Å². The van der Waals surface area contributed by atoms with E-state index >= 15 is 0 Å². The molecule has 1 aliphatic rings. The molecule has 2 aromatic carbocycles. The minimum atomic E-state index is -0.103. The summed E-state index contributed by atoms with van der Waals surface area (Å²) in [6.07, 6.45) is 0.854. The van der Waals surface area contributed by atoms with Crippen LogP contribution in [0, 0.1) is 0 Å². The monoisotopic (exact) mass is 472 g/mol. The van der Waals surface area contributed by atoms with Crippen LogP contribution in [0.2, 0.25) is 5.02 Å². The first kappa shape index (κ1) is 20.8. The third-order valence-corrected chi connectivity index (χ3v) is 7.55. The van der Waals surface area contributed by atoms with Crippen molar-refractivity contribution in [1.82, 2.24) is 14.9 Å². The van der Waals surface area contributed by atoms with Gasteiger partial charge in [0.2, 0.25) is 0 Å². The number of halogens is 1. The van der Waals surface area contributed by atoms with Crippen LogP contribution in [0.5, 0.6) is 0 Å². The summed E-state index contributed by atoms with van der Waals surface area (Å²) in [4.78, 5) is 27.0. The number of carbonyl (C=O) groups excluding carboxylic acids is 1. The Labute approximate surface area is 193 Å². The number of hydrogen-bond acceptors (Lipinski definition) is 7. The van der Waals surface area contributed by atoms with Gasteiger partial charge in [0, 0.05) is 31.2 Å². The molecule has 0 N–H and O–H groups in total. The minimum absolute atomic E-state index is 0.103. The van der Waals surface area contributed by atoms with E-state index in [0.29, 0.717) is 21.7 Å². The van der Waals surface area contributed by atoms with Crippen LogP contribution < -0.4 is 4.90 Å². The van der Waals surface area contributed by atoms with Gasteiger partial charge in [0.1, 0.15) is 0 Å². The topological polar surface area (TPSA) is 58.6 Å². The van der Waals surface area contributed by atoms with E-state index in [1.165, 1.54) is 22.7 Å². The van der Waals surface area contributed by atoms with E-state index in [4.69, 9.17) is 21.3 Å². The van der Waals surface area contributed by atoms with E-state index in [2.05, 4.69) is 9.88 Å². The Balaban J connectivity index is 1.42. The SMILES string of the molecule is O=C(c1nc2ccccc2s1)N(CCCN1CCOCC1)c1nc2ccc(Cl)cc2s1. The van der Waals surface area contributed by atoms with Crippen LogP contribution in [0.3, 0.4) is 0 Å². The lowest BCUT2D eigenvalue weighted by atomic mass is 10.3. The van der Waals surface area contributed by atoms with Crippen LogP contribution in [0.15, 0.2) is 42.5 Å². The maximum Gasteiger partial charge on any atom is 0.289 e. The Bertz CT molecular complexity index is 1190. The van der Waals surface area contributed by atoms with Gasteiger partial charge in [0.15, 0.2) is 10.1 Å². The molecular weight excluding hydrogens is 452 g/mol. The van der Waals surface area contributed by atoms with Gasteiger partial charge in [-0.25, -0.2) is 9.97 Å². The number of benzene rings is 2. The summed E-state index contributed by atoms with van der Waals surface area (Å²) in [6, 6.07) is 13.4. The number of para-hydroxylation sites is 1. The molecule has 6 nitrogen and oxygen atoms in total. The molecule has 0 saturated carbocycles. The molecule has 0 aliphatic carbocycles. The fraction of sp³-hybridized carbons (Fsp3) is 0.318. The van der Waals surface area contributed by atoms with Gasteiger partial charge in [-0.3, -0.25) is 14.6 Å². The zero-order valence-corrected chi connectivity index (χ0v) is 19.2. The lowest BCUT2D eigenvalue weighted by Crippen LogP contribution is -2.39.